The van der Waals surface area contributed by atoms with E-state index in [1.165, 1.54) is 0 Å². The highest BCUT2D eigenvalue weighted by molar-refractivity contribution is 6.32. The fourth-order valence-corrected chi connectivity index (χ4v) is 2.56. The molecule has 2 heterocycles. The normalized spacial score (nSPS) is 11.6. The largest absolute Gasteiger partial charge is 0.483 e. The molecule has 0 aliphatic heterocycles. The van der Waals surface area contributed by atoms with Crippen LogP contribution in [0.2, 0.25) is 5.02 Å². The summed E-state index contributed by atoms with van der Waals surface area (Å²) in [6.07, 6.45) is 1.68. The number of carboxylic acid groups (broad SMARTS) is 1. The van der Waals surface area contributed by atoms with Crippen LogP contribution in [0, 0.1) is 0 Å². The van der Waals surface area contributed by atoms with Crippen LogP contribution in [0.4, 0.5) is 0 Å². The quantitative estimate of drug-likeness (QED) is 0.544. The van der Waals surface area contributed by atoms with Crippen molar-refractivity contribution in [2.45, 2.75) is 25.9 Å². The first-order valence-electron chi connectivity index (χ1n) is 8.64. The van der Waals surface area contributed by atoms with Gasteiger partial charge in [-0.3, -0.25) is 9.78 Å². The summed E-state index contributed by atoms with van der Waals surface area (Å²) in [5, 5.41) is 21.6. The lowest BCUT2D eigenvalue weighted by Crippen LogP contribution is -2.05. The Labute approximate surface area is 166 Å². The van der Waals surface area contributed by atoms with Crippen LogP contribution in [-0.2, 0) is 11.2 Å². The average Bonchev–Trinajstić information content (AvgIpc) is 3.09. The molecule has 4 N–H and O–H groups in total. The molecule has 0 spiro atoms. The Kier molecular flexibility index (Phi) is 8.19. The molecule has 0 saturated heterocycles. The molecule has 0 aliphatic carbocycles. The van der Waals surface area contributed by atoms with E-state index in [1.807, 2.05) is 25.1 Å². The van der Waals surface area contributed by atoms with Crippen molar-refractivity contribution in [3.05, 3.63) is 52.9 Å². The van der Waals surface area contributed by atoms with Crippen LogP contribution in [0.1, 0.15) is 30.8 Å². The van der Waals surface area contributed by atoms with Gasteiger partial charge in [0.05, 0.1) is 29.4 Å². The summed E-state index contributed by atoms with van der Waals surface area (Å²) in [6, 6.07) is 8.94. The summed E-state index contributed by atoms with van der Waals surface area (Å²) in [4.78, 5) is 14.9. The summed E-state index contributed by atoms with van der Waals surface area (Å²) in [6.45, 7) is 2.35. The lowest BCUT2D eigenvalue weighted by Gasteiger charge is -2.15. The van der Waals surface area contributed by atoms with E-state index >= 15 is 0 Å². The van der Waals surface area contributed by atoms with Crippen LogP contribution in [0.15, 0.2) is 41.1 Å². The number of benzene rings is 1. The molecule has 0 saturated carbocycles. The number of aryl methyl sites for hydroxylation is 1. The molecular weight excluding hydrogens is 386 g/mol. The number of aromatic nitrogens is 2. The molecule has 3 rings (SSSR count). The van der Waals surface area contributed by atoms with Crippen LogP contribution in [0.3, 0.4) is 0 Å². The molecule has 1 atom stereocenters. The molecule has 0 bridgehead atoms. The van der Waals surface area contributed by atoms with E-state index < -0.39 is 5.97 Å². The molecule has 28 heavy (non-hydrogen) atoms. The minimum Gasteiger partial charge on any atom is -0.483 e. The first-order chi connectivity index (χ1) is 13.5. The standard InChI is InChI=1S/C17H15ClN2O4.C2H7NO/c1-10(13-4-2-3-7-19-13)23-16-9-15-11(8-12(16)18)14(20-24-15)5-6-17(21)22;3-1-2-4/h2-4,7-10H,5-6H2,1H3,(H,21,22);4H,1-3H2/t10-;/m1./s1. The molecule has 0 amide bonds. The van der Waals surface area contributed by atoms with Crippen molar-refractivity contribution in [2.24, 2.45) is 5.73 Å². The Morgan fingerprint density at radius 2 is 2.14 bits per heavy atom. The number of fused-ring (bicyclic) bond motifs is 1. The van der Waals surface area contributed by atoms with Gasteiger partial charge in [-0.1, -0.05) is 22.8 Å². The SMILES string of the molecule is C[C@@H](Oc1cc2onc(CCC(=O)O)c2cc1Cl)c1ccccn1.NCCO. The van der Waals surface area contributed by atoms with Gasteiger partial charge in [-0.15, -0.1) is 0 Å². The lowest BCUT2D eigenvalue weighted by atomic mass is 10.1. The second-order valence-corrected chi connectivity index (χ2v) is 6.24. The summed E-state index contributed by atoms with van der Waals surface area (Å²) in [5.74, 6) is -0.426. The Morgan fingerprint density at radius 3 is 2.75 bits per heavy atom. The Hall–Kier alpha value is -2.68. The first kappa shape index (κ1) is 21.6. The van der Waals surface area contributed by atoms with Crippen molar-refractivity contribution >= 4 is 28.5 Å². The molecule has 3 aromatic rings. The van der Waals surface area contributed by atoms with Crippen molar-refractivity contribution in [3.8, 4) is 5.75 Å². The number of aliphatic carboxylic acids is 1. The fourth-order valence-electron chi connectivity index (χ4n) is 2.35. The number of carboxylic acids is 1. The van der Waals surface area contributed by atoms with Gasteiger partial charge in [0.25, 0.3) is 0 Å². The average molecular weight is 408 g/mol. The van der Waals surface area contributed by atoms with Crippen molar-refractivity contribution in [3.63, 3.8) is 0 Å². The van der Waals surface area contributed by atoms with Crippen molar-refractivity contribution in [1.82, 2.24) is 10.1 Å². The molecule has 0 aliphatic rings. The van der Waals surface area contributed by atoms with Gasteiger partial charge in [0.1, 0.15) is 11.9 Å². The summed E-state index contributed by atoms with van der Waals surface area (Å²) in [7, 11) is 0. The zero-order valence-corrected chi connectivity index (χ0v) is 16.1. The van der Waals surface area contributed by atoms with E-state index in [0.29, 0.717) is 34.0 Å². The van der Waals surface area contributed by atoms with Gasteiger partial charge in [-0.2, -0.15) is 0 Å². The number of aliphatic hydroxyl groups excluding tert-OH is 1. The number of pyridine rings is 1. The molecule has 1 aromatic carbocycles. The highest BCUT2D eigenvalue weighted by atomic mass is 35.5. The predicted molar refractivity (Wildman–Crippen MR) is 104 cm³/mol. The molecule has 0 unspecified atom stereocenters. The maximum absolute atomic E-state index is 10.7. The van der Waals surface area contributed by atoms with Gasteiger partial charge in [0.2, 0.25) is 0 Å². The van der Waals surface area contributed by atoms with Crippen molar-refractivity contribution in [1.29, 1.82) is 0 Å². The van der Waals surface area contributed by atoms with Crippen LogP contribution in [-0.4, -0.2) is 39.5 Å². The lowest BCUT2D eigenvalue weighted by molar-refractivity contribution is -0.136. The number of ether oxygens (including phenoxy) is 1. The molecule has 8 nitrogen and oxygen atoms in total. The second kappa shape index (κ2) is 10.6. The van der Waals surface area contributed by atoms with E-state index in [4.69, 9.17) is 36.8 Å². The Balaban J connectivity index is 0.000000640. The van der Waals surface area contributed by atoms with E-state index in [9.17, 15) is 4.79 Å². The third-order valence-corrected chi connectivity index (χ3v) is 4.01. The Morgan fingerprint density at radius 1 is 1.39 bits per heavy atom. The number of hydrogen-bond acceptors (Lipinski definition) is 7. The van der Waals surface area contributed by atoms with Crippen LogP contribution < -0.4 is 10.5 Å². The number of halogens is 1. The predicted octanol–water partition coefficient (Wildman–Crippen LogP) is 2.97. The van der Waals surface area contributed by atoms with E-state index in [0.717, 1.165) is 5.69 Å². The minimum absolute atomic E-state index is 0.0196. The number of nitrogens with two attached hydrogens (primary N) is 1. The number of hydrogen-bond donors (Lipinski definition) is 3. The second-order valence-electron chi connectivity index (χ2n) is 5.83. The zero-order valence-electron chi connectivity index (χ0n) is 15.3. The fraction of sp³-hybridized carbons (Fsp3) is 0.316. The summed E-state index contributed by atoms with van der Waals surface area (Å²) >= 11 is 6.30. The molecule has 0 fully saturated rings. The van der Waals surface area contributed by atoms with Gasteiger partial charge in [-0.05, 0) is 25.1 Å². The monoisotopic (exact) mass is 407 g/mol. The van der Waals surface area contributed by atoms with Crippen LogP contribution in [0.5, 0.6) is 5.75 Å². The number of carbonyl (C=O) groups is 1. The van der Waals surface area contributed by atoms with Gasteiger partial charge in [0, 0.05) is 30.6 Å². The van der Waals surface area contributed by atoms with Gasteiger partial charge in [-0.25, -0.2) is 0 Å². The molecule has 0 radical (unpaired) electrons. The minimum atomic E-state index is -0.888. The molecule has 150 valence electrons. The number of nitrogens with zero attached hydrogens (tertiary/aromatic N) is 2. The summed E-state index contributed by atoms with van der Waals surface area (Å²) in [5.41, 5.74) is 6.63. The zero-order chi connectivity index (χ0) is 20.5. The van der Waals surface area contributed by atoms with Gasteiger partial charge < -0.3 is 25.2 Å². The van der Waals surface area contributed by atoms with E-state index in [2.05, 4.69) is 10.1 Å². The molecule has 9 heteroatoms. The van der Waals surface area contributed by atoms with E-state index in [1.54, 1.807) is 18.3 Å². The number of rotatable bonds is 7. The third-order valence-electron chi connectivity index (χ3n) is 3.71. The third kappa shape index (κ3) is 5.91. The van der Waals surface area contributed by atoms with E-state index in [-0.39, 0.29) is 25.6 Å². The highest BCUT2D eigenvalue weighted by Crippen LogP contribution is 2.34. The number of aliphatic hydroxyl groups is 1. The van der Waals surface area contributed by atoms with Crippen LogP contribution >= 0.6 is 11.6 Å². The Bertz CT molecular complexity index is 899. The van der Waals surface area contributed by atoms with Crippen LogP contribution in [0.25, 0.3) is 11.0 Å². The van der Waals surface area contributed by atoms with Gasteiger partial charge in [0.15, 0.2) is 5.58 Å². The maximum Gasteiger partial charge on any atom is 0.303 e. The van der Waals surface area contributed by atoms with Crippen molar-refractivity contribution < 1.29 is 24.3 Å². The highest BCUT2D eigenvalue weighted by Gasteiger charge is 2.16. The summed E-state index contributed by atoms with van der Waals surface area (Å²) < 4.78 is 11.1. The smallest absolute Gasteiger partial charge is 0.303 e. The topological polar surface area (TPSA) is 132 Å². The molecule has 2 aromatic heterocycles. The van der Waals surface area contributed by atoms with Crippen molar-refractivity contribution in [2.75, 3.05) is 13.2 Å². The first-order valence-corrected chi connectivity index (χ1v) is 9.02. The maximum atomic E-state index is 10.7. The van der Waals surface area contributed by atoms with Gasteiger partial charge >= 0.3 is 5.97 Å². The molecular formula is C19H22ClN3O5.